The monoisotopic (exact) mass is 342 g/mol. The maximum Gasteiger partial charge on any atom is 0.534 e. The lowest BCUT2D eigenvalue weighted by molar-refractivity contribution is -0.152. The van der Waals surface area contributed by atoms with Gasteiger partial charge in [-0.1, -0.05) is 26.2 Å². The Morgan fingerprint density at radius 3 is 2.36 bits per heavy atom. The summed E-state index contributed by atoms with van der Waals surface area (Å²) in [6.07, 6.45) is 4.57. The summed E-state index contributed by atoms with van der Waals surface area (Å²) < 4.78 is 68.8. The number of esters is 1. The van der Waals surface area contributed by atoms with Gasteiger partial charge < -0.3 is 8.92 Å². The molecule has 0 unspecified atom stereocenters. The van der Waals surface area contributed by atoms with E-state index in [4.69, 9.17) is 4.74 Å². The zero-order chi connectivity index (χ0) is 16.5. The number of cyclic esters (lactones) is 1. The maximum absolute atomic E-state index is 12.4. The minimum atomic E-state index is -5.78. The first-order valence-electron chi connectivity index (χ1n) is 7.05. The Morgan fingerprint density at radius 2 is 1.82 bits per heavy atom. The molecule has 0 N–H and O–H groups in total. The molecule has 0 saturated heterocycles. The lowest BCUT2D eigenvalue weighted by Crippen LogP contribution is -2.39. The second-order valence-electron chi connectivity index (χ2n) is 5.62. The van der Waals surface area contributed by atoms with Crippen LogP contribution in [0, 0.1) is 11.8 Å². The number of hydrogen-bond acceptors (Lipinski definition) is 5. The van der Waals surface area contributed by atoms with Crippen LogP contribution in [0.1, 0.15) is 39.0 Å². The van der Waals surface area contributed by atoms with Crippen molar-refractivity contribution in [3.8, 4) is 0 Å². The predicted octanol–water partition coefficient (Wildman–Crippen LogP) is 2.88. The van der Waals surface area contributed by atoms with Gasteiger partial charge in [0.1, 0.15) is 11.9 Å². The molecule has 0 amide bonds. The van der Waals surface area contributed by atoms with E-state index in [2.05, 4.69) is 4.18 Å². The molecule has 0 aromatic heterocycles. The van der Waals surface area contributed by atoms with E-state index in [0.717, 1.165) is 32.1 Å². The van der Waals surface area contributed by atoms with E-state index in [9.17, 15) is 26.4 Å². The molecule has 2 atom stereocenters. The van der Waals surface area contributed by atoms with Crippen LogP contribution in [0.5, 0.6) is 0 Å². The summed E-state index contributed by atoms with van der Waals surface area (Å²) >= 11 is 0. The Labute approximate surface area is 126 Å². The lowest BCUT2D eigenvalue weighted by Gasteiger charge is -2.36. The van der Waals surface area contributed by atoms with Crippen molar-refractivity contribution in [3.63, 3.8) is 0 Å². The van der Waals surface area contributed by atoms with Crippen LogP contribution in [0.15, 0.2) is 11.8 Å². The maximum atomic E-state index is 12.4. The molecule has 2 aliphatic rings. The SMILES string of the molecule is C[C@H]1C(OS(=O)(=O)C(F)(F)F)=CC(=O)O[C@@H]1C1CCCCC1. The molecule has 22 heavy (non-hydrogen) atoms. The Hall–Kier alpha value is -1.25. The molecule has 0 aromatic rings. The second kappa shape index (κ2) is 6.10. The van der Waals surface area contributed by atoms with Crippen molar-refractivity contribution in [2.45, 2.75) is 50.6 Å². The van der Waals surface area contributed by atoms with Crippen molar-refractivity contribution in [1.29, 1.82) is 0 Å². The van der Waals surface area contributed by atoms with E-state index in [1.54, 1.807) is 0 Å². The highest BCUT2D eigenvalue weighted by Gasteiger charge is 2.50. The van der Waals surface area contributed by atoms with Gasteiger partial charge in [-0.3, -0.25) is 0 Å². The van der Waals surface area contributed by atoms with Crippen molar-refractivity contribution in [3.05, 3.63) is 11.8 Å². The highest BCUT2D eigenvalue weighted by Crippen LogP contribution is 2.38. The molecule has 0 bridgehead atoms. The molecular formula is C13H17F3O5S. The Bertz CT molecular complexity index is 561. The van der Waals surface area contributed by atoms with E-state index >= 15 is 0 Å². The normalized spacial score (nSPS) is 28.0. The summed E-state index contributed by atoms with van der Waals surface area (Å²) in [5, 5.41) is 0. The number of carbonyl (C=O) groups excluding carboxylic acids is 1. The standard InChI is InChI=1S/C13H17F3O5S/c1-8-10(21-22(18,19)13(14,15)16)7-11(17)20-12(8)9-5-3-2-4-6-9/h7-9,12H,2-6H2,1H3/t8-,12-/m0/s1. The third-order valence-electron chi connectivity index (χ3n) is 4.06. The smallest absolute Gasteiger partial charge is 0.458 e. The molecule has 2 rings (SSSR count). The van der Waals surface area contributed by atoms with Gasteiger partial charge in [0.2, 0.25) is 0 Å². The zero-order valence-electron chi connectivity index (χ0n) is 11.9. The van der Waals surface area contributed by atoms with Crippen molar-refractivity contribution >= 4 is 16.1 Å². The van der Waals surface area contributed by atoms with E-state index in [1.807, 2.05) is 0 Å². The van der Waals surface area contributed by atoms with Crippen LogP contribution in [-0.4, -0.2) is 26.0 Å². The Balaban J connectivity index is 2.19. The third-order valence-corrected chi connectivity index (χ3v) is 5.04. The quantitative estimate of drug-likeness (QED) is 0.448. The highest BCUT2D eigenvalue weighted by atomic mass is 32.2. The van der Waals surface area contributed by atoms with Crippen LogP contribution in [0.25, 0.3) is 0 Å². The number of halogens is 3. The van der Waals surface area contributed by atoms with E-state index < -0.39 is 39.4 Å². The minimum Gasteiger partial charge on any atom is -0.458 e. The Kier molecular flexibility index (Phi) is 4.74. The fourth-order valence-corrected chi connectivity index (χ4v) is 3.47. The van der Waals surface area contributed by atoms with E-state index in [1.165, 1.54) is 6.92 Å². The molecule has 9 heteroatoms. The van der Waals surface area contributed by atoms with Crippen LogP contribution >= 0.6 is 0 Å². The van der Waals surface area contributed by atoms with Crippen molar-refractivity contribution in [1.82, 2.24) is 0 Å². The highest BCUT2D eigenvalue weighted by molar-refractivity contribution is 7.87. The molecule has 1 aliphatic heterocycles. The van der Waals surface area contributed by atoms with Gasteiger partial charge in [0.05, 0.1) is 12.0 Å². The molecule has 1 saturated carbocycles. The van der Waals surface area contributed by atoms with E-state index in [-0.39, 0.29) is 5.92 Å². The molecular weight excluding hydrogens is 325 g/mol. The second-order valence-corrected chi connectivity index (χ2v) is 7.16. The number of alkyl halides is 3. The first-order chi connectivity index (χ1) is 10.1. The van der Waals surface area contributed by atoms with Gasteiger partial charge in [0, 0.05) is 0 Å². The third kappa shape index (κ3) is 3.56. The van der Waals surface area contributed by atoms with Gasteiger partial charge in [0.25, 0.3) is 0 Å². The number of ether oxygens (including phenoxy) is 1. The molecule has 5 nitrogen and oxygen atoms in total. The Morgan fingerprint density at radius 1 is 1.23 bits per heavy atom. The summed E-state index contributed by atoms with van der Waals surface area (Å²) in [6.45, 7) is 1.50. The molecule has 1 aliphatic carbocycles. The van der Waals surface area contributed by atoms with Crippen LogP contribution < -0.4 is 0 Å². The minimum absolute atomic E-state index is 0.00795. The van der Waals surface area contributed by atoms with Gasteiger partial charge in [-0.15, -0.1) is 0 Å². The van der Waals surface area contributed by atoms with Gasteiger partial charge in [-0.05, 0) is 18.8 Å². The van der Waals surface area contributed by atoms with Crippen molar-refractivity contribution in [2.75, 3.05) is 0 Å². The predicted molar refractivity (Wildman–Crippen MR) is 69.8 cm³/mol. The van der Waals surface area contributed by atoms with Gasteiger partial charge in [-0.25, -0.2) is 4.79 Å². The molecule has 126 valence electrons. The number of carbonyl (C=O) groups is 1. The fourth-order valence-electron chi connectivity index (χ4n) is 2.92. The largest absolute Gasteiger partial charge is 0.534 e. The number of hydrogen-bond donors (Lipinski definition) is 0. The summed E-state index contributed by atoms with van der Waals surface area (Å²) in [4.78, 5) is 11.6. The van der Waals surface area contributed by atoms with Crippen molar-refractivity contribution < 1.29 is 35.3 Å². The molecule has 0 radical (unpaired) electrons. The topological polar surface area (TPSA) is 69.7 Å². The average Bonchev–Trinajstić information content (AvgIpc) is 2.42. The fraction of sp³-hybridized carbons (Fsp3) is 0.769. The molecule has 1 fully saturated rings. The lowest BCUT2D eigenvalue weighted by atomic mass is 9.79. The summed E-state index contributed by atoms with van der Waals surface area (Å²) in [5.41, 5.74) is -5.53. The zero-order valence-corrected chi connectivity index (χ0v) is 12.7. The van der Waals surface area contributed by atoms with E-state index in [0.29, 0.717) is 6.08 Å². The molecule has 0 aromatic carbocycles. The summed E-state index contributed by atoms with van der Waals surface area (Å²) in [5.74, 6) is -2.11. The van der Waals surface area contributed by atoms with Crippen molar-refractivity contribution in [2.24, 2.45) is 11.8 Å². The van der Waals surface area contributed by atoms with Crippen LogP contribution in [0.3, 0.4) is 0 Å². The first-order valence-corrected chi connectivity index (χ1v) is 8.45. The van der Waals surface area contributed by atoms with Crippen LogP contribution in [0.4, 0.5) is 13.2 Å². The summed E-state index contributed by atoms with van der Waals surface area (Å²) in [6, 6.07) is 0. The van der Waals surface area contributed by atoms with Gasteiger partial charge in [-0.2, -0.15) is 21.6 Å². The van der Waals surface area contributed by atoms with Gasteiger partial charge in [0.15, 0.2) is 0 Å². The van der Waals surface area contributed by atoms with Gasteiger partial charge >= 0.3 is 21.6 Å². The molecule has 0 spiro atoms. The van der Waals surface area contributed by atoms with Crippen LogP contribution in [0.2, 0.25) is 0 Å². The first kappa shape index (κ1) is 17.1. The van der Waals surface area contributed by atoms with Crippen LogP contribution in [-0.2, 0) is 23.8 Å². The average molecular weight is 342 g/mol. The summed E-state index contributed by atoms with van der Waals surface area (Å²) in [7, 11) is -5.78. The number of rotatable bonds is 3. The molecule has 1 heterocycles.